The van der Waals surface area contributed by atoms with Crippen molar-refractivity contribution in [2.75, 3.05) is 5.06 Å². The average molecular weight is 194 g/mol. The predicted octanol–water partition coefficient (Wildman–Crippen LogP) is 2.55. The molecule has 5 heteroatoms. The number of hydrogen-bond donors (Lipinski definition) is 1. The molecule has 0 radical (unpaired) electrons. The minimum atomic E-state index is 0.427. The van der Waals surface area contributed by atoms with Gasteiger partial charge >= 0.3 is 0 Å². The van der Waals surface area contributed by atoms with E-state index in [9.17, 15) is 10.1 Å². The van der Waals surface area contributed by atoms with Gasteiger partial charge in [0.15, 0.2) is 0 Å². The van der Waals surface area contributed by atoms with Crippen LogP contribution in [-0.2, 0) is 0 Å². The van der Waals surface area contributed by atoms with E-state index < -0.39 is 0 Å². The Morgan fingerprint density at radius 3 is 2.92 bits per heavy atom. The Morgan fingerprint density at radius 2 is 2.23 bits per heavy atom. The molecule has 0 unspecified atom stereocenters. The Balaban J connectivity index is 2.43. The van der Waals surface area contributed by atoms with Gasteiger partial charge in [-0.1, -0.05) is 23.9 Å². The fourth-order valence-corrected chi connectivity index (χ4v) is 2.03. The second-order valence-corrected chi connectivity index (χ2v) is 3.52. The first-order valence-corrected chi connectivity index (χ1v) is 4.43. The number of nitrogens with zero attached hydrogens (tertiary/aromatic N) is 2. The maximum atomic E-state index is 9.98. The van der Waals surface area contributed by atoms with E-state index in [0.717, 1.165) is 16.2 Å². The maximum Gasteiger partial charge on any atom is 0.129 e. The summed E-state index contributed by atoms with van der Waals surface area (Å²) >= 11 is 1.31. The van der Waals surface area contributed by atoms with Crippen molar-refractivity contribution in [3.05, 3.63) is 40.4 Å². The van der Waals surface area contributed by atoms with Crippen LogP contribution in [-0.4, -0.2) is 5.21 Å². The fraction of sp³-hybridized carbons (Fsp3) is 0. The zero-order chi connectivity index (χ0) is 9.26. The van der Waals surface area contributed by atoms with E-state index in [1.54, 1.807) is 6.07 Å². The summed E-state index contributed by atoms with van der Waals surface area (Å²) in [5.41, 5.74) is 0.683. The standard InChI is InChI=1S/C8H6N2O2S/c11-9-5-8-10(12)6-3-1-2-4-7(6)13-8/h1-5,12H/b8-5-. The van der Waals surface area contributed by atoms with Crippen molar-refractivity contribution in [2.24, 2.45) is 5.18 Å². The highest BCUT2D eigenvalue weighted by atomic mass is 32.2. The van der Waals surface area contributed by atoms with E-state index in [2.05, 4.69) is 5.18 Å². The van der Waals surface area contributed by atoms with Crippen LogP contribution in [0.2, 0.25) is 0 Å². The molecule has 0 spiro atoms. The van der Waals surface area contributed by atoms with Gasteiger partial charge in [-0.2, -0.15) is 0 Å². The summed E-state index contributed by atoms with van der Waals surface area (Å²) in [5, 5.41) is 13.5. The minimum Gasteiger partial charge on any atom is -0.283 e. The first-order chi connectivity index (χ1) is 6.33. The summed E-state index contributed by atoms with van der Waals surface area (Å²) in [4.78, 5) is 10.9. The van der Waals surface area contributed by atoms with E-state index in [1.807, 2.05) is 18.2 Å². The molecule has 0 aliphatic carbocycles. The van der Waals surface area contributed by atoms with Crippen LogP contribution in [0.25, 0.3) is 0 Å². The number of rotatable bonds is 1. The van der Waals surface area contributed by atoms with Gasteiger partial charge in [0.1, 0.15) is 11.2 Å². The molecule has 1 heterocycles. The van der Waals surface area contributed by atoms with E-state index in [1.165, 1.54) is 11.8 Å². The Labute approximate surface area is 78.8 Å². The van der Waals surface area contributed by atoms with Crippen molar-refractivity contribution in [1.82, 2.24) is 0 Å². The lowest BCUT2D eigenvalue weighted by Gasteiger charge is -2.08. The summed E-state index contributed by atoms with van der Waals surface area (Å²) in [6, 6.07) is 7.33. The minimum absolute atomic E-state index is 0.427. The molecular weight excluding hydrogens is 188 g/mol. The first kappa shape index (κ1) is 8.28. The predicted molar refractivity (Wildman–Crippen MR) is 50.4 cm³/mol. The summed E-state index contributed by atoms with van der Waals surface area (Å²) in [7, 11) is 0. The van der Waals surface area contributed by atoms with E-state index >= 15 is 0 Å². The zero-order valence-corrected chi connectivity index (χ0v) is 7.36. The SMILES string of the molecule is O=N/C=C1\Sc2ccccc2N1O. The molecule has 0 saturated carbocycles. The number of para-hydroxylation sites is 1. The van der Waals surface area contributed by atoms with Gasteiger partial charge in [0, 0.05) is 4.90 Å². The third-order valence-corrected chi connectivity index (χ3v) is 2.73. The van der Waals surface area contributed by atoms with Crippen LogP contribution in [0.5, 0.6) is 0 Å². The van der Waals surface area contributed by atoms with Crippen LogP contribution < -0.4 is 5.06 Å². The molecular formula is C8H6N2O2S. The Hall–Kier alpha value is -1.33. The molecule has 1 aliphatic rings. The van der Waals surface area contributed by atoms with Crippen LogP contribution in [0.4, 0.5) is 5.69 Å². The highest BCUT2D eigenvalue weighted by Crippen LogP contribution is 2.44. The molecule has 2 rings (SSSR count). The molecule has 1 aliphatic heterocycles. The molecule has 0 fully saturated rings. The van der Waals surface area contributed by atoms with Gasteiger partial charge in [-0.05, 0) is 17.3 Å². The molecule has 0 saturated heterocycles. The zero-order valence-electron chi connectivity index (χ0n) is 6.54. The van der Waals surface area contributed by atoms with Crippen molar-refractivity contribution in [1.29, 1.82) is 0 Å². The lowest BCUT2D eigenvalue weighted by molar-refractivity contribution is 0.293. The molecule has 1 N–H and O–H groups in total. The van der Waals surface area contributed by atoms with Gasteiger partial charge in [-0.3, -0.25) is 5.21 Å². The number of hydroxylamine groups is 1. The third kappa shape index (κ3) is 1.32. The number of thioether (sulfide) groups is 1. The summed E-state index contributed by atoms with van der Waals surface area (Å²) in [5.74, 6) is 0. The Bertz CT molecular complexity index is 378. The summed E-state index contributed by atoms with van der Waals surface area (Å²) < 4.78 is 0. The van der Waals surface area contributed by atoms with Gasteiger partial charge in [-0.25, -0.2) is 5.06 Å². The Kier molecular flexibility index (Phi) is 2.03. The highest BCUT2D eigenvalue weighted by Gasteiger charge is 2.23. The molecule has 0 atom stereocenters. The molecule has 13 heavy (non-hydrogen) atoms. The lowest BCUT2D eigenvalue weighted by atomic mass is 10.3. The van der Waals surface area contributed by atoms with Crippen molar-refractivity contribution < 1.29 is 5.21 Å². The molecule has 66 valence electrons. The smallest absolute Gasteiger partial charge is 0.129 e. The van der Waals surface area contributed by atoms with Gasteiger partial charge in [0.2, 0.25) is 0 Å². The van der Waals surface area contributed by atoms with E-state index in [-0.39, 0.29) is 0 Å². The second kappa shape index (κ2) is 3.20. The topological polar surface area (TPSA) is 52.9 Å². The number of benzene rings is 1. The third-order valence-electron chi connectivity index (χ3n) is 1.68. The van der Waals surface area contributed by atoms with Gasteiger partial charge in [0.05, 0.1) is 5.69 Å². The monoisotopic (exact) mass is 194 g/mol. The quantitative estimate of drug-likeness (QED) is 0.698. The van der Waals surface area contributed by atoms with Crippen LogP contribution >= 0.6 is 11.8 Å². The highest BCUT2D eigenvalue weighted by molar-refractivity contribution is 8.03. The lowest BCUT2D eigenvalue weighted by Crippen LogP contribution is -2.09. The summed E-state index contributed by atoms with van der Waals surface area (Å²) in [6.45, 7) is 0. The molecule has 4 nitrogen and oxygen atoms in total. The van der Waals surface area contributed by atoms with Crippen LogP contribution in [0.15, 0.2) is 45.6 Å². The first-order valence-electron chi connectivity index (χ1n) is 3.61. The van der Waals surface area contributed by atoms with Crippen molar-refractivity contribution in [3.63, 3.8) is 0 Å². The molecule has 0 amide bonds. The number of fused-ring (bicyclic) bond motifs is 1. The number of nitroso groups, excluding NO2 is 1. The normalized spacial score (nSPS) is 17.6. The second-order valence-electron chi connectivity index (χ2n) is 2.45. The number of hydrogen-bond acceptors (Lipinski definition) is 5. The van der Waals surface area contributed by atoms with Crippen molar-refractivity contribution in [2.45, 2.75) is 4.90 Å². The van der Waals surface area contributed by atoms with Gasteiger partial charge in [-0.15, -0.1) is 4.91 Å². The van der Waals surface area contributed by atoms with Crippen LogP contribution in [0.1, 0.15) is 0 Å². The van der Waals surface area contributed by atoms with Crippen LogP contribution in [0, 0.1) is 4.91 Å². The van der Waals surface area contributed by atoms with E-state index in [4.69, 9.17) is 0 Å². The maximum absolute atomic E-state index is 9.98. The largest absolute Gasteiger partial charge is 0.283 e. The molecule has 0 bridgehead atoms. The fourth-order valence-electron chi connectivity index (χ4n) is 1.12. The molecule has 1 aromatic rings. The summed E-state index contributed by atoms with van der Waals surface area (Å²) in [6.07, 6.45) is 1.09. The van der Waals surface area contributed by atoms with Gasteiger partial charge in [0.25, 0.3) is 0 Å². The Morgan fingerprint density at radius 1 is 1.46 bits per heavy atom. The van der Waals surface area contributed by atoms with Crippen LogP contribution in [0.3, 0.4) is 0 Å². The van der Waals surface area contributed by atoms with E-state index in [0.29, 0.717) is 10.7 Å². The average Bonchev–Trinajstić information content (AvgIpc) is 2.46. The molecule has 1 aromatic carbocycles. The van der Waals surface area contributed by atoms with Gasteiger partial charge < -0.3 is 0 Å². The van der Waals surface area contributed by atoms with Crippen molar-refractivity contribution >= 4 is 17.4 Å². The molecule has 0 aromatic heterocycles. The number of anilines is 1. The van der Waals surface area contributed by atoms with Crippen molar-refractivity contribution in [3.8, 4) is 0 Å².